The van der Waals surface area contributed by atoms with Crippen LogP contribution in [-0.2, 0) is 10.0 Å². The Kier molecular flexibility index (Phi) is 4.31. The van der Waals surface area contributed by atoms with E-state index >= 15 is 0 Å². The zero-order valence-electron chi connectivity index (χ0n) is 10.5. The van der Waals surface area contributed by atoms with Crippen LogP contribution in [0.3, 0.4) is 0 Å². The second kappa shape index (κ2) is 5.81. The molecule has 0 saturated carbocycles. The molecule has 1 aromatic carbocycles. The number of sulfonamides is 1. The lowest BCUT2D eigenvalue weighted by atomic mass is 10.2. The SMILES string of the molecule is O=[N+]([O-])c1ccc(F)c(S(=O)(=O)NCC2CCCN2)c1. The van der Waals surface area contributed by atoms with Gasteiger partial charge in [-0.3, -0.25) is 10.1 Å². The van der Waals surface area contributed by atoms with Gasteiger partial charge in [0.1, 0.15) is 10.7 Å². The molecule has 0 amide bonds. The van der Waals surface area contributed by atoms with Crippen LogP contribution in [0, 0.1) is 15.9 Å². The first-order valence-corrected chi connectivity index (χ1v) is 7.55. The lowest BCUT2D eigenvalue weighted by Gasteiger charge is -2.12. The molecule has 1 unspecified atom stereocenters. The number of nitrogens with one attached hydrogen (secondary N) is 2. The molecule has 0 spiro atoms. The van der Waals surface area contributed by atoms with Gasteiger partial charge >= 0.3 is 0 Å². The molecule has 110 valence electrons. The van der Waals surface area contributed by atoms with Gasteiger partial charge in [0.2, 0.25) is 10.0 Å². The highest BCUT2D eigenvalue weighted by Gasteiger charge is 2.24. The van der Waals surface area contributed by atoms with Crippen LogP contribution in [0.2, 0.25) is 0 Å². The first-order valence-electron chi connectivity index (χ1n) is 6.07. The number of halogens is 1. The Morgan fingerprint density at radius 1 is 1.50 bits per heavy atom. The minimum absolute atomic E-state index is 0.00605. The van der Waals surface area contributed by atoms with Crippen molar-refractivity contribution in [3.63, 3.8) is 0 Å². The van der Waals surface area contributed by atoms with E-state index in [1.165, 1.54) is 0 Å². The van der Waals surface area contributed by atoms with Gasteiger partial charge in [-0.1, -0.05) is 0 Å². The number of nitro benzene ring substituents is 1. The molecule has 1 fully saturated rings. The fourth-order valence-electron chi connectivity index (χ4n) is 2.03. The number of benzene rings is 1. The van der Waals surface area contributed by atoms with E-state index in [2.05, 4.69) is 10.0 Å². The molecule has 0 bridgehead atoms. The molecule has 20 heavy (non-hydrogen) atoms. The van der Waals surface area contributed by atoms with Gasteiger partial charge in [-0.05, 0) is 25.5 Å². The molecule has 9 heteroatoms. The zero-order valence-corrected chi connectivity index (χ0v) is 11.3. The molecule has 1 atom stereocenters. The average molecular weight is 303 g/mol. The molecule has 0 aliphatic carbocycles. The summed E-state index contributed by atoms with van der Waals surface area (Å²) in [6, 6.07) is 2.43. The maximum atomic E-state index is 13.6. The standard InChI is InChI=1S/C11H14FN3O4S/c12-10-4-3-9(15(16)17)6-11(10)20(18,19)14-7-8-2-1-5-13-8/h3-4,6,8,13-14H,1-2,5,7H2. The van der Waals surface area contributed by atoms with Crippen LogP contribution in [0.4, 0.5) is 10.1 Å². The molecular formula is C11H14FN3O4S. The molecular weight excluding hydrogens is 289 g/mol. The van der Waals surface area contributed by atoms with Crippen molar-refractivity contribution < 1.29 is 17.7 Å². The summed E-state index contributed by atoms with van der Waals surface area (Å²) >= 11 is 0. The third-order valence-corrected chi connectivity index (χ3v) is 4.54. The van der Waals surface area contributed by atoms with Crippen molar-refractivity contribution in [3.05, 3.63) is 34.1 Å². The van der Waals surface area contributed by atoms with Crippen LogP contribution >= 0.6 is 0 Å². The zero-order chi connectivity index (χ0) is 14.8. The third kappa shape index (κ3) is 3.30. The quantitative estimate of drug-likeness (QED) is 0.618. The summed E-state index contributed by atoms with van der Waals surface area (Å²) in [5, 5.41) is 13.7. The van der Waals surface area contributed by atoms with E-state index in [0.717, 1.165) is 37.6 Å². The summed E-state index contributed by atoms with van der Waals surface area (Å²) < 4.78 is 39.8. The smallest absolute Gasteiger partial charge is 0.270 e. The number of non-ortho nitro benzene ring substituents is 1. The van der Waals surface area contributed by atoms with Crippen LogP contribution < -0.4 is 10.0 Å². The van der Waals surface area contributed by atoms with Crippen molar-refractivity contribution in [2.75, 3.05) is 13.1 Å². The van der Waals surface area contributed by atoms with Crippen LogP contribution in [0.5, 0.6) is 0 Å². The maximum absolute atomic E-state index is 13.6. The van der Waals surface area contributed by atoms with E-state index in [9.17, 15) is 22.9 Å². The van der Waals surface area contributed by atoms with Gasteiger partial charge in [0.15, 0.2) is 0 Å². The number of hydrogen-bond donors (Lipinski definition) is 2. The van der Waals surface area contributed by atoms with Crippen molar-refractivity contribution in [3.8, 4) is 0 Å². The van der Waals surface area contributed by atoms with E-state index < -0.39 is 31.3 Å². The van der Waals surface area contributed by atoms with Gasteiger partial charge in [0, 0.05) is 24.7 Å². The van der Waals surface area contributed by atoms with Gasteiger partial charge in [0.05, 0.1) is 4.92 Å². The molecule has 2 rings (SSSR count). The third-order valence-electron chi connectivity index (χ3n) is 3.10. The van der Waals surface area contributed by atoms with Crippen molar-refractivity contribution in [2.24, 2.45) is 0 Å². The number of hydrogen-bond acceptors (Lipinski definition) is 5. The monoisotopic (exact) mass is 303 g/mol. The van der Waals surface area contributed by atoms with Crippen molar-refractivity contribution in [1.29, 1.82) is 0 Å². The summed E-state index contributed by atoms with van der Waals surface area (Å²) in [5.41, 5.74) is -0.467. The summed E-state index contributed by atoms with van der Waals surface area (Å²) in [6.07, 6.45) is 1.79. The van der Waals surface area contributed by atoms with Gasteiger partial charge in [-0.25, -0.2) is 17.5 Å². The minimum Gasteiger partial charge on any atom is -0.313 e. The lowest BCUT2D eigenvalue weighted by Crippen LogP contribution is -2.37. The Morgan fingerprint density at radius 2 is 2.25 bits per heavy atom. The summed E-state index contributed by atoms with van der Waals surface area (Å²) in [5.74, 6) is -1.01. The fraction of sp³-hybridized carbons (Fsp3) is 0.455. The Balaban J connectivity index is 2.19. The van der Waals surface area contributed by atoms with E-state index in [0.29, 0.717) is 0 Å². The van der Waals surface area contributed by atoms with Crippen molar-refractivity contribution >= 4 is 15.7 Å². The fourth-order valence-corrected chi connectivity index (χ4v) is 3.21. The van der Waals surface area contributed by atoms with Crippen LogP contribution in [0.25, 0.3) is 0 Å². The molecule has 1 heterocycles. The van der Waals surface area contributed by atoms with E-state index in [1.54, 1.807) is 0 Å². The van der Waals surface area contributed by atoms with Gasteiger partial charge in [-0.15, -0.1) is 0 Å². The van der Waals surface area contributed by atoms with E-state index in [4.69, 9.17) is 0 Å². The van der Waals surface area contributed by atoms with Gasteiger partial charge in [-0.2, -0.15) is 0 Å². The van der Waals surface area contributed by atoms with Crippen LogP contribution in [0.1, 0.15) is 12.8 Å². The Bertz CT molecular complexity index is 614. The highest BCUT2D eigenvalue weighted by atomic mass is 32.2. The topological polar surface area (TPSA) is 101 Å². The molecule has 1 saturated heterocycles. The van der Waals surface area contributed by atoms with Gasteiger partial charge in [0.25, 0.3) is 5.69 Å². The number of nitro groups is 1. The average Bonchev–Trinajstić information content (AvgIpc) is 2.89. The summed E-state index contributed by atoms with van der Waals surface area (Å²) in [7, 11) is -4.10. The minimum atomic E-state index is -4.10. The summed E-state index contributed by atoms with van der Waals surface area (Å²) in [4.78, 5) is 9.15. The Morgan fingerprint density at radius 3 is 2.85 bits per heavy atom. The molecule has 0 radical (unpaired) electrons. The Hall–Kier alpha value is -1.58. The van der Waals surface area contributed by atoms with Crippen molar-refractivity contribution in [2.45, 2.75) is 23.8 Å². The second-order valence-electron chi connectivity index (χ2n) is 4.52. The largest absolute Gasteiger partial charge is 0.313 e. The van der Waals surface area contributed by atoms with E-state index in [1.807, 2.05) is 0 Å². The molecule has 1 aromatic rings. The maximum Gasteiger partial charge on any atom is 0.270 e. The molecule has 0 aromatic heterocycles. The van der Waals surface area contributed by atoms with Crippen LogP contribution in [-0.4, -0.2) is 32.5 Å². The Labute approximate surface area is 115 Å². The number of rotatable bonds is 5. The van der Waals surface area contributed by atoms with Gasteiger partial charge < -0.3 is 5.32 Å². The lowest BCUT2D eigenvalue weighted by molar-refractivity contribution is -0.385. The predicted octanol–water partition coefficient (Wildman–Crippen LogP) is 0.764. The highest BCUT2D eigenvalue weighted by molar-refractivity contribution is 7.89. The molecule has 2 N–H and O–H groups in total. The van der Waals surface area contributed by atoms with Crippen molar-refractivity contribution in [1.82, 2.24) is 10.0 Å². The first kappa shape index (κ1) is 14.8. The second-order valence-corrected chi connectivity index (χ2v) is 6.25. The molecule has 1 aliphatic rings. The molecule has 1 aliphatic heterocycles. The first-order chi connectivity index (χ1) is 9.40. The predicted molar refractivity (Wildman–Crippen MR) is 69.3 cm³/mol. The highest BCUT2D eigenvalue weighted by Crippen LogP contribution is 2.21. The normalized spacial score (nSPS) is 19.1. The van der Waals surface area contributed by atoms with Crippen LogP contribution in [0.15, 0.2) is 23.1 Å². The number of nitrogens with zero attached hydrogens (tertiary/aromatic N) is 1. The summed E-state index contributed by atoms with van der Waals surface area (Å²) in [6.45, 7) is 0.946. The molecule has 7 nitrogen and oxygen atoms in total. The van der Waals surface area contributed by atoms with E-state index in [-0.39, 0.29) is 12.6 Å².